The second-order valence-electron chi connectivity index (χ2n) is 5.32. The Labute approximate surface area is 68.8 Å². The first-order chi connectivity index (χ1) is 4.97. The third-order valence-electron chi connectivity index (χ3n) is 4.19. The van der Waals surface area contributed by atoms with E-state index in [-0.39, 0.29) is 16.9 Å². The van der Waals surface area contributed by atoms with Crippen LogP contribution in [0.5, 0.6) is 0 Å². The highest BCUT2D eigenvalue weighted by molar-refractivity contribution is 5.08. The third-order valence-corrected chi connectivity index (χ3v) is 4.19. The molecule has 2 unspecified atom stereocenters. The predicted octanol–water partition coefficient (Wildman–Crippen LogP) is 2.19. The molecule has 0 saturated heterocycles. The smallest absolute Gasteiger partial charge is 0.0647 e. The largest absolute Gasteiger partial charge is 0.392 e. The van der Waals surface area contributed by atoms with E-state index < -0.39 is 0 Å². The van der Waals surface area contributed by atoms with E-state index in [0.717, 1.165) is 5.92 Å². The van der Waals surface area contributed by atoms with E-state index in [9.17, 15) is 5.11 Å². The summed E-state index contributed by atoms with van der Waals surface area (Å²) >= 11 is 0. The molecule has 2 saturated carbocycles. The van der Waals surface area contributed by atoms with Crippen LogP contribution in [0.25, 0.3) is 0 Å². The van der Waals surface area contributed by atoms with Crippen LogP contribution in [-0.4, -0.2) is 11.2 Å². The maximum absolute atomic E-state index is 10.0. The van der Waals surface area contributed by atoms with E-state index in [2.05, 4.69) is 20.8 Å². The molecule has 0 aliphatic heterocycles. The lowest BCUT2D eigenvalue weighted by molar-refractivity contribution is -0.0340. The lowest BCUT2D eigenvalue weighted by Crippen LogP contribution is -2.39. The SMILES string of the molecule is CC1(C)C2CC[C@](C)(C2)C1O. The summed E-state index contributed by atoms with van der Waals surface area (Å²) in [6.45, 7) is 6.67. The van der Waals surface area contributed by atoms with Crippen molar-refractivity contribution in [2.75, 3.05) is 0 Å². The van der Waals surface area contributed by atoms with Gasteiger partial charge in [-0.15, -0.1) is 0 Å². The highest BCUT2D eigenvalue weighted by Crippen LogP contribution is 2.62. The van der Waals surface area contributed by atoms with Gasteiger partial charge in [0.15, 0.2) is 0 Å². The second kappa shape index (κ2) is 1.82. The van der Waals surface area contributed by atoms with Gasteiger partial charge in [-0.25, -0.2) is 0 Å². The Hall–Kier alpha value is -0.0400. The topological polar surface area (TPSA) is 20.2 Å². The molecule has 0 aromatic carbocycles. The van der Waals surface area contributed by atoms with E-state index in [4.69, 9.17) is 0 Å². The van der Waals surface area contributed by atoms with Gasteiger partial charge in [0, 0.05) is 0 Å². The van der Waals surface area contributed by atoms with Gasteiger partial charge in [-0.05, 0) is 36.0 Å². The Balaban J connectivity index is 2.34. The lowest BCUT2D eigenvalue weighted by atomic mass is 9.70. The Morgan fingerprint density at radius 2 is 1.91 bits per heavy atom. The van der Waals surface area contributed by atoms with E-state index in [1.54, 1.807) is 0 Å². The fourth-order valence-electron chi connectivity index (χ4n) is 3.28. The monoisotopic (exact) mass is 154 g/mol. The Kier molecular flexibility index (Phi) is 1.26. The van der Waals surface area contributed by atoms with Crippen molar-refractivity contribution in [1.82, 2.24) is 0 Å². The van der Waals surface area contributed by atoms with Gasteiger partial charge >= 0.3 is 0 Å². The first-order valence-corrected chi connectivity index (χ1v) is 4.65. The van der Waals surface area contributed by atoms with E-state index >= 15 is 0 Å². The summed E-state index contributed by atoms with van der Waals surface area (Å²) in [5, 5.41) is 10.0. The minimum Gasteiger partial charge on any atom is -0.392 e. The van der Waals surface area contributed by atoms with Crippen LogP contribution in [0.1, 0.15) is 40.0 Å². The molecule has 0 radical (unpaired) electrons. The zero-order chi connectivity index (χ0) is 8.28. The quantitative estimate of drug-likeness (QED) is 0.567. The van der Waals surface area contributed by atoms with Crippen LogP contribution in [0, 0.1) is 16.7 Å². The molecular weight excluding hydrogens is 136 g/mol. The van der Waals surface area contributed by atoms with Gasteiger partial charge in [0.05, 0.1) is 6.10 Å². The van der Waals surface area contributed by atoms with Crippen molar-refractivity contribution in [1.29, 1.82) is 0 Å². The van der Waals surface area contributed by atoms with Gasteiger partial charge in [-0.3, -0.25) is 0 Å². The van der Waals surface area contributed by atoms with Crippen LogP contribution in [0.3, 0.4) is 0 Å². The molecule has 1 N–H and O–H groups in total. The van der Waals surface area contributed by atoms with Crippen LogP contribution in [0.15, 0.2) is 0 Å². The highest BCUT2D eigenvalue weighted by atomic mass is 16.3. The van der Waals surface area contributed by atoms with Gasteiger partial charge in [-0.1, -0.05) is 20.8 Å². The lowest BCUT2D eigenvalue weighted by Gasteiger charge is -2.38. The molecule has 1 nitrogen and oxygen atoms in total. The fraction of sp³-hybridized carbons (Fsp3) is 1.00. The maximum Gasteiger partial charge on any atom is 0.0647 e. The molecule has 2 aliphatic rings. The second-order valence-corrected chi connectivity index (χ2v) is 5.32. The van der Waals surface area contributed by atoms with Crippen LogP contribution < -0.4 is 0 Å². The molecule has 64 valence electrons. The Bertz CT molecular complexity index is 181. The van der Waals surface area contributed by atoms with Crippen LogP contribution in [-0.2, 0) is 0 Å². The molecule has 0 aromatic rings. The minimum absolute atomic E-state index is 0.0613. The van der Waals surface area contributed by atoms with Crippen molar-refractivity contribution >= 4 is 0 Å². The first kappa shape index (κ1) is 7.60. The summed E-state index contributed by atoms with van der Waals surface area (Å²) in [6.07, 6.45) is 3.76. The number of aliphatic hydroxyl groups excluding tert-OH is 1. The van der Waals surface area contributed by atoms with E-state index in [0.29, 0.717) is 0 Å². The number of rotatable bonds is 0. The summed E-state index contributed by atoms with van der Waals surface area (Å²) in [4.78, 5) is 0. The predicted molar refractivity (Wildman–Crippen MR) is 45.2 cm³/mol. The summed E-state index contributed by atoms with van der Waals surface area (Å²) in [5.74, 6) is 0.780. The first-order valence-electron chi connectivity index (χ1n) is 4.65. The summed E-state index contributed by atoms with van der Waals surface area (Å²) < 4.78 is 0. The normalized spacial score (nSPS) is 53.5. The highest BCUT2D eigenvalue weighted by Gasteiger charge is 2.58. The van der Waals surface area contributed by atoms with Crippen LogP contribution >= 0.6 is 0 Å². The van der Waals surface area contributed by atoms with Gasteiger partial charge in [0.1, 0.15) is 0 Å². The van der Waals surface area contributed by atoms with Crippen molar-refractivity contribution in [2.45, 2.75) is 46.1 Å². The standard InChI is InChI=1S/C10H18O/c1-9(2)7-4-5-10(3,6-7)8(9)11/h7-8,11H,4-6H2,1-3H3/t7?,8?,10-/m1/s1. The number of hydrogen-bond acceptors (Lipinski definition) is 1. The molecule has 0 spiro atoms. The Morgan fingerprint density at radius 1 is 1.27 bits per heavy atom. The zero-order valence-electron chi connectivity index (χ0n) is 7.72. The van der Waals surface area contributed by atoms with E-state index in [1.807, 2.05) is 0 Å². The molecule has 1 heteroatoms. The van der Waals surface area contributed by atoms with Crippen molar-refractivity contribution in [2.24, 2.45) is 16.7 Å². The summed E-state index contributed by atoms with van der Waals surface area (Å²) in [7, 11) is 0. The summed E-state index contributed by atoms with van der Waals surface area (Å²) in [6, 6.07) is 0. The van der Waals surface area contributed by atoms with Gasteiger partial charge in [0.25, 0.3) is 0 Å². The molecule has 0 aromatic heterocycles. The zero-order valence-corrected chi connectivity index (χ0v) is 7.72. The average Bonchev–Trinajstić information content (AvgIpc) is 2.36. The van der Waals surface area contributed by atoms with Crippen LogP contribution in [0.2, 0.25) is 0 Å². The van der Waals surface area contributed by atoms with E-state index in [1.165, 1.54) is 19.3 Å². The number of fused-ring (bicyclic) bond motifs is 2. The summed E-state index contributed by atoms with van der Waals surface area (Å²) in [5.41, 5.74) is 0.446. The van der Waals surface area contributed by atoms with Crippen molar-refractivity contribution in [3.05, 3.63) is 0 Å². The maximum atomic E-state index is 10.0. The average molecular weight is 154 g/mol. The molecule has 3 atom stereocenters. The third kappa shape index (κ3) is 0.752. The molecule has 11 heavy (non-hydrogen) atoms. The Morgan fingerprint density at radius 3 is 2.18 bits per heavy atom. The number of hydrogen-bond donors (Lipinski definition) is 1. The number of aliphatic hydroxyl groups is 1. The molecule has 0 amide bonds. The van der Waals surface area contributed by atoms with Crippen LogP contribution in [0.4, 0.5) is 0 Å². The molecule has 2 bridgehead atoms. The minimum atomic E-state index is -0.0613. The molecule has 2 rings (SSSR count). The van der Waals surface area contributed by atoms with Crippen molar-refractivity contribution < 1.29 is 5.11 Å². The molecule has 2 fully saturated rings. The molecule has 2 aliphatic carbocycles. The van der Waals surface area contributed by atoms with Gasteiger partial charge < -0.3 is 5.11 Å². The fourth-order valence-corrected chi connectivity index (χ4v) is 3.28. The van der Waals surface area contributed by atoms with Crippen molar-refractivity contribution in [3.63, 3.8) is 0 Å². The van der Waals surface area contributed by atoms with Crippen molar-refractivity contribution in [3.8, 4) is 0 Å². The molecular formula is C10H18O. The van der Waals surface area contributed by atoms with Gasteiger partial charge in [-0.2, -0.15) is 0 Å². The van der Waals surface area contributed by atoms with Gasteiger partial charge in [0.2, 0.25) is 0 Å². The molecule has 0 heterocycles.